The van der Waals surface area contributed by atoms with Crippen molar-refractivity contribution < 1.29 is 0 Å². The predicted octanol–water partition coefficient (Wildman–Crippen LogP) is 4.26. The van der Waals surface area contributed by atoms with Crippen molar-refractivity contribution in [2.45, 2.75) is 51.1 Å². The van der Waals surface area contributed by atoms with E-state index >= 15 is 0 Å². The molecule has 0 amide bonds. The summed E-state index contributed by atoms with van der Waals surface area (Å²) in [5.41, 5.74) is 1.42. The highest BCUT2D eigenvalue weighted by Gasteiger charge is 2.35. The van der Waals surface area contributed by atoms with Crippen molar-refractivity contribution in [1.82, 2.24) is 10.2 Å². The SMILES string of the molecule is CNC(c1ccc(Cl)cc1)C(C)(C)N1CCCCCC1. The number of nitrogens with zero attached hydrogens (tertiary/aromatic N) is 1. The van der Waals surface area contributed by atoms with Gasteiger partial charge in [-0.1, -0.05) is 36.6 Å². The summed E-state index contributed by atoms with van der Waals surface area (Å²) in [6.07, 6.45) is 5.39. The molecule has 1 unspecified atom stereocenters. The standard InChI is InChI=1S/C17H27ClN2/c1-17(2,20-12-6-4-5-7-13-20)16(19-3)14-8-10-15(18)11-9-14/h8-11,16,19H,4-7,12-13H2,1-3H3. The molecule has 1 aliphatic rings. The first-order chi connectivity index (χ1) is 9.55. The molecular weight excluding hydrogens is 268 g/mol. The van der Waals surface area contributed by atoms with Crippen molar-refractivity contribution in [2.75, 3.05) is 20.1 Å². The first-order valence-corrected chi connectivity index (χ1v) is 8.11. The maximum Gasteiger partial charge on any atom is 0.0499 e. The van der Waals surface area contributed by atoms with Crippen molar-refractivity contribution in [3.8, 4) is 0 Å². The lowest BCUT2D eigenvalue weighted by Crippen LogP contribution is -2.52. The molecule has 0 radical (unpaired) electrons. The molecule has 1 saturated heterocycles. The predicted molar refractivity (Wildman–Crippen MR) is 87.4 cm³/mol. The second-order valence-corrected chi connectivity index (χ2v) is 6.76. The van der Waals surface area contributed by atoms with Crippen LogP contribution in [0, 0.1) is 0 Å². The second kappa shape index (κ2) is 6.93. The van der Waals surface area contributed by atoms with E-state index < -0.39 is 0 Å². The van der Waals surface area contributed by atoms with E-state index in [1.165, 1.54) is 44.3 Å². The molecule has 112 valence electrons. The fourth-order valence-corrected chi connectivity index (χ4v) is 3.54. The van der Waals surface area contributed by atoms with Gasteiger partial charge < -0.3 is 5.32 Å². The van der Waals surface area contributed by atoms with Crippen LogP contribution in [-0.4, -0.2) is 30.6 Å². The van der Waals surface area contributed by atoms with E-state index in [9.17, 15) is 0 Å². The zero-order valence-corrected chi connectivity index (χ0v) is 13.7. The maximum atomic E-state index is 6.01. The normalized spacial score (nSPS) is 19.6. The summed E-state index contributed by atoms with van der Waals surface area (Å²) < 4.78 is 0. The number of halogens is 1. The average molecular weight is 295 g/mol. The molecule has 2 nitrogen and oxygen atoms in total. The number of nitrogens with one attached hydrogen (secondary N) is 1. The molecule has 0 saturated carbocycles. The molecule has 0 spiro atoms. The van der Waals surface area contributed by atoms with Gasteiger partial charge in [-0.3, -0.25) is 4.90 Å². The molecule has 2 rings (SSSR count). The minimum atomic E-state index is 0.104. The summed E-state index contributed by atoms with van der Waals surface area (Å²) in [5.74, 6) is 0. The number of likely N-dealkylation sites (N-methyl/N-ethyl adjacent to an activating group) is 1. The minimum absolute atomic E-state index is 0.104. The first kappa shape index (κ1) is 15.8. The summed E-state index contributed by atoms with van der Waals surface area (Å²) in [5, 5.41) is 4.31. The third-order valence-electron chi connectivity index (χ3n) is 4.62. The van der Waals surface area contributed by atoms with E-state index in [-0.39, 0.29) is 5.54 Å². The van der Waals surface area contributed by atoms with E-state index in [1.807, 2.05) is 12.1 Å². The zero-order valence-electron chi connectivity index (χ0n) is 13.0. The molecule has 3 heteroatoms. The Morgan fingerprint density at radius 1 is 1.05 bits per heavy atom. The summed E-state index contributed by atoms with van der Waals surface area (Å²) in [7, 11) is 2.05. The number of benzene rings is 1. The van der Waals surface area contributed by atoms with E-state index in [0.717, 1.165) is 5.02 Å². The topological polar surface area (TPSA) is 15.3 Å². The van der Waals surface area contributed by atoms with E-state index in [2.05, 4.69) is 43.2 Å². The molecule has 1 N–H and O–H groups in total. The van der Waals surface area contributed by atoms with Crippen molar-refractivity contribution in [3.63, 3.8) is 0 Å². The van der Waals surface area contributed by atoms with Gasteiger partial charge in [-0.15, -0.1) is 0 Å². The third kappa shape index (κ3) is 3.55. The molecule has 1 atom stereocenters. The van der Waals surface area contributed by atoms with Crippen LogP contribution < -0.4 is 5.32 Å². The zero-order chi connectivity index (χ0) is 14.6. The van der Waals surface area contributed by atoms with Crippen LogP contribution in [0.15, 0.2) is 24.3 Å². The van der Waals surface area contributed by atoms with E-state index in [4.69, 9.17) is 11.6 Å². The highest BCUT2D eigenvalue weighted by molar-refractivity contribution is 6.30. The summed E-state index contributed by atoms with van der Waals surface area (Å²) in [6.45, 7) is 7.12. The Hall–Kier alpha value is -0.570. The van der Waals surface area contributed by atoms with Crippen LogP contribution in [-0.2, 0) is 0 Å². The first-order valence-electron chi connectivity index (χ1n) is 7.73. The Kier molecular flexibility index (Phi) is 5.48. The monoisotopic (exact) mass is 294 g/mol. The minimum Gasteiger partial charge on any atom is -0.311 e. The molecule has 0 bridgehead atoms. The van der Waals surface area contributed by atoms with Crippen molar-refractivity contribution >= 4 is 11.6 Å². The van der Waals surface area contributed by atoms with Gasteiger partial charge in [0.05, 0.1) is 0 Å². The Labute approximate surface area is 128 Å². The molecule has 20 heavy (non-hydrogen) atoms. The van der Waals surface area contributed by atoms with Gasteiger partial charge in [0.1, 0.15) is 0 Å². The number of likely N-dealkylation sites (tertiary alicyclic amines) is 1. The number of rotatable bonds is 4. The Balaban J connectivity index is 2.21. The van der Waals surface area contributed by atoms with E-state index in [0.29, 0.717) is 6.04 Å². The van der Waals surface area contributed by atoms with Crippen LogP contribution in [0.3, 0.4) is 0 Å². The van der Waals surface area contributed by atoms with Gasteiger partial charge in [-0.05, 0) is 64.5 Å². The fraction of sp³-hybridized carbons (Fsp3) is 0.647. The Morgan fingerprint density at radius 3 is 2.10 bits per heavy atom. The number of hydrogen-bond acceptors (Lipinski definition) is 2. The van der Waals surface area contributed by atoms with Crippen LogP contribution in [0.2, 0.25) is 5.02 Å². The molecular formula is C17H27ClN2. The lowest BCUT2D eigenvalue weighted by molar-refractivity contribution is 0.0864. The smallest absolute Gasteiger partial charge is 0.0499 e. The molecule has 0 aliphatic carbocycles. The lowest BCUT2D eigenvalue weighted by Gasteiger charge is -2.44. The molecule has 1 fully saturated rings. The molecule has 1 aliphatic heterocycles. The third-order valence-corrected chi connectivity index (χ3v) is 4.87. The van der Waals surface area contributed by atoms with Crippen LogP contribution >= 0.6 is 11.6 Å². The van der Waals surface area contributed by atoms with Crippen LogP contribution in [0.1, 0.15) is 51.1 Å². The summed E-state index contributed by atoms with van der Waals surface area (Å²) >= 11 is 6.01. The highest BCUT2D eigenvalue weighted by atomic mass is 35.5. The van der Waals surface area contributed by atoms with Crippen molar-refractivity contribution in [3.05, 3.63) is 34.9 Å². The van der Waals surface area contributed by atoms with E-state index in [1.54, 1.807) is 0 Å². The van der Waals surface area contributed by atoms with Crippen LogP contribution in [0.25, 0.3) is 0 Å². The van der Waals surface area contributed by atoms with Crippen molar-refractivity contribution in [1.29, 1.82) is 0 Å². The van der Waals surface area contributed by atoms with Crippen LogP contribution in [0.4, 0.5) is 0 Å². The lowest BCUT2D eigenvalue weighted by atomic mass is 9.86. The molecule has 1 aromatic carbocycles. The van der Waals surface area contributed by atoms with Gasteiger partial charge in [0.2, 0.25) is 0 Å². The molecule has 1 aromatic rings. The maximum absolute atomic E-state index is 6.01. The average Bonchev–Trinajstić information content (AvgIpc) is 2.71. The van der Waals surface area contributed by atoms with Gasteiger partial charge in [0.25, 0.3) is 0 Å². The van der Waals surface area contributed by atoms with Gasteiger partial charge >= 0.3 is 0 Å². The van der Waals surface area contributed by atoms with Gasteiger partial charge in [0, 0.05) is 16.6 Å². The largest absolute Gasteiger partial charge is 0.311 e. The Bertz CT molecular complexity index is 406. The second-order valence-electron chi connectivity index (χ2n) is 6.33. The van der Waals surface area contributed by atoms with Crippen LogP contribution in [0.5, 0.6) is 0 Å². The highest BCUT2D eigenvalue weighted by Crippen LogP contribution is 2.33. The Morgan fingerprint density at radius 2 is 1.60 bits per heavy atom. The van der Waals surface area contributed by atoms with Crippen molar-refractivity contribution in [2.24, 2.45) is 0 Å². The van der Waals surface area contributed by atoms with Gasteiger partial charge in [0.15, 0.2) is 0 Å². The summed E-state index contributed by atoms with van der Waals surface area (Å²) in [4.78, 5) is 2.65. The van der Waals surface area contributed by atoms with Gasteiger partial charge in [-0.25, -0.2) is 0 Å². The fourth-order valence-electron chi connectivity index (χ4n) is 3.41. The van der Waals surface area contributed by atoms with Gasteiger partial charge in [-0.2, -0.15) is 0 Å². The summed E-state index contributed by atoms with van der Waals surface area (Å²) in [6, 6.07) is 8.57. The molecule has 1 heterocycles. The molecule has 0 aromatic heterocycles. The quantitative estimate of drug-likeness (QED) is 0.893. The number of hydrogen-bond donors (Lipinski definition) is 1.